The monoisotopic (exact) mass is 438 g/mol. The van der Waals surface area contributed by atoms with Crippen LogP contribution in [0.25, 0.3) is 10.9 Å². The lowest BCUT2D eigenvalue weighted by Crippen LogP contribution is -2.32. The molecular formula is C22H22N4O6. The second kappa shape index (κ2) is 10.2. The number of hydrogen-bond donors (Lipinski definition) is 2. The number of hydrogen-bond acceptors (Lipinski definition) is 7. The molecule has 166 valence electrons. The molecule has 0 radical (unpaired) electrons. The van der Waals surface area contributed by atoms with Crippen LogP contribution in [-0.2, 0) is 25.7 Å². The molecule has 0 saturated heterocycles. The number of esters is 1. The summed E-state index contributed by atoms with van der Waals surface area (Å²) in [5.41, 5.74) is 1.56. The molecular weight excluding hydrogens is 416 g/mol. The van der Waals surface area contributed by atoms with E-state index in [0.717, 1.165) is 5.56 Å². The summed E-state index contributed by atoms with van der Waals surface area (Å²) in [4.78, 5) is 35.6. The van der Waals surface area contributed by atoms with E-state index in [2.05, 4.69) is 20.3 Å². The highest BCUT2D eigenvalue weighted by Crippen LogP contribution is 2.38. The van der Waals surface area contributed by atoms with Crippen molar-refractivity contribution in [3.63, 3.8) is 0 Å². The zero-order valence-corrected chi connectivity index (χ0v) is 17.6. The highest BCUT2D eigenvalue weighted by molar-refractivity contribution is 5.96. The number of para-hydroxylation sites is 1. The number of methoxy groups -OCH3 is 1. The van der Waals surface area contributed by atoms with Gasteiger partial charge in [0.1, 0.15) is 18.8 Å². The minimum absolute atomic E-state index is 0.0342. The van der Waals surface area contributed by atoms with E-state index in [0.29, 0.717) is 16.7 Å². The van der Waals surface area contributed by atoms with Gasteiger partial charge in [-0.3, -0.25) is 19.0 Å². The van der Waals surface area contributed by atoms with Crippen LogP contribution in [0.1, 0.15) is 5.56 Å². The molecule has 0 spiro atoms. The first-order valence-corrected chi connectivity index (χ1v) is 9.66. The Labute approximate surface area is 183 Å². The second-order valence-electron chi connectivity index (χ2n) is 6.83. The Hall–Kier alpha value is -4.21. The molecule has 10 nitrogen and oxygen atoms in total. The maximum absolute atomic E-state index is 12.0. The van der Waals surface area contributed by atoms with Gasteiger partial charge in [-0.15, -0.1) is 10.2 Å². The minimum Gasteiger partial charge on any atom is -0.493 e. The molecule has 0 aliphatic carbocycles. The van der Waals surface area contributed by atoms with Crippen LogP contribution in [-0.4, -0.2) is 47.7 Å². The summed E-state index contributed by atoms with van der Waals surface area (Å²) in [6.07, 6.45) is 0. The Morgan fingerprint density at radius 3 is 2.66 bits per heavy atom. The molecule has 32 heavy (non-hydrogen) atoms. The van der Waals surface area contributed by atoms with Gasteiger partial charge in [0.2, 0.25) is 5.88 Å². The van der Waals surface area contributed by atoms with E-state index in [1.807, 2.05) is 19.1 Å². The Balaban J connectivity index is 1.62. The smallest absolute Gasteiger partial charge is 0.325 e. The van der Waals surface area contributed by atoms with Crippen molar-refractivity contribution in [2.75, 3.05) is 20.3 Å². The predicted octanol–water partition coefficient (Wildman–Crippen LogP) is 2.63. The predicted molar refractivity (Wildman–Crippen MR) is 115 cm³/mol. The largest absolute Gasteiger partial charge is 0.493 e. The highest BCUT2D eigenvalue weighted by Gasteiger charge is 2.19. The molecule has 2 N–H and O–H groups in total. The van der Waals surface area contributed by atoms with Crippen LogP contribution in [0.5, 0.6) is 11.6 Å². The summed E-state index contributed by atoms with van der Waals surface area (Å²) < 4.78 is 11.3. The molecule has 0 bridgehead atoms. The number of rotatable bonds is 8. The van der Waals surface area contributed by atoms with E-state index < -0.39 is 17.8 Å². The number of amides is 2. The normalized spacial score (nSPS) is 10.9. The summed E-state index contributed by atoms with van der Waals surface area (Å²) in [7, 11) is 1.24. The number of benzene rings is 2. The Morgan fingerprint density at radius 1 is 1.12 bits per heavy atom. The van der Waals surface area contributed by atoms with Gasteiger partial charge >= 0.3 is 5.97 Å². The lowest BCUT2D eigenvalue weighted by Gasteiger charge is -2.06. The Morgan fingerprint density at radius 2 is 1.91 bits per heavy atom. The average molecular weight is 438 g/mol. The van der Waals surface area contributed by atoms with Crippen molar-refractivity contribution in [2.24, 2.45) is 10.2 Å². The SMILES string of the molecule is COC(=O)Cn1c(O)c(N=NC(=O)CNC(=O)COc2cccc(C)c2)c2ccccc21. The summed E-state index contributed by atoms with van der Waals surface area (Å²) in [5.74, 6) is -1.56. The molecule has 2 amide bonds. The van der Waals surface area contributed by atoms with Crippen LogP contribution >= 0.6 is 0 Å². The first-order chi connectivity index (χ1) is 15.4. The second-order valence-corrected chi connectivity index (χ2v) is 6.83. The Bertz CT molecular complexity index is 1180. The molecule has 0 fully saturated rings. The maximum atomic E-state index is 12.0. The number of carbonyl (C=O) groups is 3. The van der Waals surface area contributed by atoms with Crippen molar-refractivity contribution < 1.29 is 29.0 Å². The molecule has 10 heteroatoms. The fraction of sp³-hybridized carbons (Fsp3) is 0.227. The van der Waals surface area contributed by atoms with E-state index in [1.165, 1.54) is 11.7 Å². The average Bonchev–Trinajstić information content (AvgIpc) is 3.05. The van der Waals surface area contributed by atoms with Crippen molar-refractivity contribution in [2.45, 2.75) is 13.5 Å². The quantitative estimate of drug-likeness (QED) is 0.411. The molecule has 1 aromatic heterocycles. The highest BCUT2D eigenvalue weighted by atomic mass is 16.5. The van der Waals surface area contributed by atoms with E-state index in [9.17, 15) is 19.5 Å². The summed E-state index contributed by atoms with van der Waals surface area (Å²) in [5, 5.41) is 20.8. The Kier molecular flexibility index (Phi) is 7.17. The summed E-state index contributed by atoms with van der Waals surface area (Å²) in [6.45, 7) is 1.03. The standard InChI is InChI=1S/C22H22N4O6/c1-14-6-5-7-15(10-14)32-13-19(28)23-11-18(27)24-25-21-16-8-3-4-9-17(16)26(22(21)30)12-20(29)31-2/h3-10,30H,11-13H2,1-2H3,(H,23,28). The molecule has 1 heterocycles. The van der Waals surface area contributed by atoms with Gasteiger partial charge in [0.25, 0.3) is 11.8 Å². The zero-order valence-electron chi connectivity index (χ0n) is 17.6. The van der Waals surface area contributed by atoms with Gasteiger partial charge in [-0.05, 0) is 30.7 Å². The van der Waals surface area contributed by atoms with Gasteiger partial charge in [0, 0.05) is 5.39 Å². The third-order valence-corrected chi connectivity index (χ3v) is 4.49. The van der Waals surface area contributed by atoms with Crippen LogP contribution in [0.3, 0.4) is 0 Å². The lowest BCUT2D eigenvalue weighted by molar-refractivity contribution is -0.141. The number of nitrogens with zero attached hydrogens (tertiary/aromatic N) is 3. The number of aromatic hydroxyl groups is 1. The van der Waals surface area contributed by atoms with Crippen LogP contribution in [0.4, 0.5) is 5.69 Å². The van der Waals surface area contributed by atoms with Gasteiger partial charge in [0.05, 0.1) is 12.6 Å². The van der Waals surface area contributed by atoms with Crippen molar-refractivity contribution in [3.05, 3.63) is 54.1 Å². The molecule has 0 aliphatic rings. The van der Waals surface area contributed by atoms with Crippen molar-refractivity contribution in [1.29, 1.82) is 0 Å². The molecule has 0 saturated carbocycles. The van der Waals surface area contributed by atoms with E-state index in [1.54, 1.807) is 36.4 Å². The molecule has 3 aromatic rings. The van der Waals surface area contributed by atoms with Gasteiger partial charge in [-0.1, -0.05) is 30.3 Å². The lowest BCUT2D eigenvalue weighted by atomic mass is 10.2. The van der Waals surface area contributed by atoms with Crippen molar-refractivity contribution in [3.8, 4) is 11.6 Å². The minimum atomic E-state index is -0.724. The van der Waals surface area contributed by atoms with Crippen LogP contribution in [0.2, 0.25) is 0 Å². The number of ether oxygens (including phenoxy) is 2. The third-order valence-electron chi connectivity index (χ3n) is 4.49. The van der Waals surface area contributed by atoms with Gasteiger partial charge in [-0.2, -0.15) is 0 Å². The number of aromatic nitrogens is 1. The van der Waals surface area contributed by atoms with E-state index in [4.69, 9.17) is 4.74 Å². The first-order valence-electron chi connectivity index (χ1n) is 9.66. The molecule has 0 aliphatic heterocycles. The fourth-order valence-electron chi connectivity index (χ4n) is 2.94. The van der Waals surface area contributed by atoms with Gasteiger partial charge < -0.3 is 19.9 Å². The molecule has 0 unspecified atom stereocenters. The topological polar surface area (TPSA) is 132 Å². The number of fused-ring (bicyclic) bond motifs is 1. The number of aryl methyl sites for hydroxylation is 1. The van der Waals surface area contributed by atoms with E-state index >= 15 is 0 Å². The fourth-order valence-corrected chi connectivity index (χ4v) is 2.94. The number of azo groups is 1. The van der Waals surface area contributed by atoms with Crippen molar-refractivity contribution in [1.82, 2.24) is 9.88 Å². The number of nitrogens with one attached hydrogen (secondary N) is 1. The molecule has 2 aromatic carbocycles. The summed E-state index contributed by atoms with van der Waals surface area (Å²) in [6, 6.07) is 14.0. The third kappa shape index (κ3) is 5.48. The van der Waals surface area contributed by atoms with Crippen LogP contribution in [0.15, 0.2) is 58.8 Å². The van der Waals surface area contributed by atoms with Gasteiger partial charge in [-0.25, -0.2) is 0 Å². The van der Waals surface area contributed by atoms with Gasteiger partial charge in [0.15, 0.2) is 12.3 Å². The molecule has 0 atom stereocenters. The zero-order chi connectivity index (χ0) is 23.1. The van der Waals surface area contributed by atoms with Crippen LogP contribution in [0, 0.1) is 6.92 Å². The maximum Gasteiger partial charge on any atom is 0.325 e. The van der Waals surface area contributed by atoms with Crippen molar-refractivity contribution >= 4 is 34.4 Å². The first kappa shape index (κ1) is 22.5. The van der Waals surface area contributed by atoms with E-state index in [-0.39, 0.29) is 31.3 Å². The van der Waals surface area contributed by atoms with Crippen LogP contribution < -0.4 is 10.1 Å². The molecule has 3 rings (SSSR count). The number of carbonyl (C=O) groups excluding carboxylic acids is 3. The summed E-state index contributed by atoms with van der Waals surface area (Å²) >= 11 is 0.